The molecule has 0 radical (unpaired) electrons. The van der Waals surface area contributed by atoms with Crippen molar-refractivity contribution >= 4 is 5.78 Å². The minimum Gasteiger partial charge on any atom is -0.494 e. The van der Waals surface area contributed by atoms with Crippen LogP contribution in [0.25, 0.3) is 11.1 Å². The molecular formula is C21H26O2. The van der Waals surface area contributed by atoms with Gasteiger partial charge in [0.15, 0.2) is 5.78 Å². The number of ether oxygens (including phenoxy) is 1. The van der Waals surface area contributed by atoms with Crippen molar-refractivity contribution in [1.29, 1.82) is 0 Å². The van der Waals surface area contributed by atoms with Crippen LogP contribution in [0.1, 0.15) is 50.9 Å². The predicted octanol–water partition coefficient (Wildman–Crippen LogP) is 5.76. The molecule has 2 nitrogen and oxygen atoms in total. The fourth-order valence-electron chi connectivity index (χ4n) is 2.33. The molecule has 2 heteroatoms. The molecule has 0 fully saturated rings. The smallest absolute Gasteiger partial charge is 0.168 e. The Kier molecular flexibility index (Phi) is 5.59. The van der Waals surface area contributed by atoms with E-state index in [4.69, 9.17) is 4.74 Å². The maximum absolute atomic E-state index is 12.3. The molecule has 2 rings (SSSR count). The number of Topliss-reactive ketones (excluding diaryl/α,β-unsaturated/α-hetero) is 1. The molecule has 0 saturated carbocycles. The Hall–Kier alpha value is -2.09. The van der Waals surface area contributed by atoms with Crippen molar-refractivity contribution < 1.29 is 9.53 Å². The number of carbonyl (C=O) groups excluding carboxylic acids is 1. The molecule has 2 aromatic rings. The van der Waals surface area contributed by atoms with E-state index in [1.54, 1.807) is 0 Å². The van der Waals surface area contributed by atoms with Gasteiger partial charge >= 0.3 is 0 Å². The van der Waals surface area contributed by atoms with Crippen LogP contribution in [0.4, 0.5) is 0 Å². The first kappa shape index (κ1) is 17.3. The molecule has 23 heavy (non-hydrogen) atoms. The molecule has 0 aliphatic carbocycles. The lowest BCUT2D eigenvalue weighted by Gasteiger charge is -2.16. The lowest BCUT2D eigenvalue weighted by Crippen LogP contribution is -2.19. The summed E-state index contributed by atoms with van der Waals surface area (Å²) in [6, 6.07) is 15.9. The second kappa shape index (κ2) is 7.45. The van der Waals surface area contributed by atoms with Gasteiger partial charge in [-0.3, -0.25) is 4.79 Å². The first-order valence-corrected chi connectivity index (χ1v) is 8.30. The summed E-state index contributed by atoms with van der Waals surface area (Å²) in [6.45, 7) is 8.75. The fourth-order valence-corrected chi connectivity index (χ4v) is 2.33. The molecule has 0 saturated heterocycles. The Morgan fingerprint density at radius 1 is 0.913 bits per heavy atom. The molecule has 0 heterocycles. The molecule has 122 valence electrons. The second-order valence-corrected chi connectivity index (χ2v) is 6.88. The van der Waals surface area contributed by atoms with Crippen LogP contribution in [0, 0.1) is 5.41 Å². The van der Waals surface area contributed by atoms with Crippen molar-refractivity contribution in [3.63, 3.8) is 0 Å². The monoisotopic (exact) mass is 310 g/mol. The molecule has 0 unspecified atom stereocenters. The van der Waals surface area contributed by atoms with Crippen molar-refractivity contribution in [2.75, 3.05) is 6.61 Å². The molecule has 0 aromatic heterocycles. The van der Waals surface area contributed by atoms with E-state index >= 15 is 0 Å². The number of benzene rings is 2. The number of rotatable bonds is 6. The molecule has 0 atom stereocenters. The molecular weight excluding hydrogens is 284 g/mol. The van der Waals surface area contributed by atoms with Crippen molar-refractivity contribution in [2.24, 2.45) is 5.41 Å². The lowest BCUT2D eigenvalue weighted by molar-refractivity contribution is 0.0858. The van der Waals surface area contributed by atoms with E-state index in [1.807, 2.05) is 57.2 Å². The first-order chi connectivity index (χ1) is 10.9. The summed E-state index contributed by atoms with van der Waals surface area (Å²) in [4.78, 5) is 12.3. The average Bonchev–Trinajstić information content (AvgIpc) is 2.54. The molecule has 0 amide bonds. The number of hydrogen-bond acceptors (Lipinski definition) is 2. The molecule has 2 aromatic carbocycles. The largest absolute Gasteiger partial charge is 0.494 e. The van der Waals surface area contributed by atoms with Gasteiger partial charge in [0, 0.05) is 11.0 Å². The van der Waals surface area contributed by atoms with Crippen LogP contribution < -0.4 is 4.74 Å². The summed E-state index contributed by atoms with van der Waals surface area (Å²) in [5.41, 5.74) is 2.65. The van der Waals surface area contributed by atoms with E-state index in [9.17, 15) is 4.79 Å². The van der Waals surface area contributed by atoms with E-state index in [0.717, 1.165) is 41.9 Å². The van der Waals surface area contributed by atoms with Gasteiger partial charge in [0.1, 0.15) is 5.75 Å². The van der Waals surface area contributed by atoms with Crippen molar-refractivity contribution in [2.45, 2.75) is 40.5 Å². The highest BCUT2D eigenvalue weighted by Crippen LogP contribution is 2.25. The maximum Gasteiger partial charge on any atom is 0.168 e. The van der Waals surface area contributed by atoms with Crippen molar-refractivity contribution in [3.05, 3.63) is 54.1 Å². The van der Waals surface area contributed by atoms with Gasteiger partial charge in [-0.1, -0.05) is 70.5 Å². The van der Waals surface area contributed by atoms with Gasteiger partial charge in [0.25, 0.3) is 0 Å². The van der Waals surface area contributed by atoms with E-state index < -0.39 is 0 Å². The van der Waals surface area contributed by atoms with Crippen LogP contribution in [0.3, 0.4) is 0 Å². The van der Waals surface area contributed by atoms with E-state index in [1.165, 1.54) is 0 Å². The molecule has 0 spiro atoms. The Labute approximate surface area is 139 Å². The third-order valence-corrected chi connectivity index (χ3v) is 3.78. The van der Waals surface area contributed by atoms with Gasteiger partial charge < -0.3 is 4.74 Å². The fraction of sp³-hybridized carbons (Fsp3) is 0.381. The van der Waals surface area contributed by atoms with E-state index in [0.29, 0.717) is 0 Å². The van der Waals surface area contributed by atoms with Crippen LogP contribution in [0.15, 0.2) is 48.5 Å². The number of ketones is 1. The number of hydrogen-bond donors (Lipinski definition) is 0. The predicted molar refractivity (Wildman–Crippen MR) is 96.1 cm³/mol. The Bertz CT molecular complexity index is 631. The zero-order valence-electron chi connectivity index (χ0n) is 14.6. The summed E-state index contributed by atoms with van der Waals surface area (Å²) in [6.07, 6.45) is 2.21. The molecule has 0 N–H and O–H groups in total. The SMILES string of the molecule is CCCCOc1ccc(-c2ccc(C(=O)C(C)(C)C)cc2)cc1. The highest BCUT2D eigenvalue weighted by atomic mass is 16.5. The van der Waals surface area contributed by atoms with Gasteiger partial charge in [0.05, 0.1) is 6.61 Å². The van der Waals surface area contributed by atoms with Crippen LogP contribution in [-0.2, 0) is 0 Å². The minimum atomic E-state index is -0.348. The van der Waals surface area contributed by atoms with Gasteiger partial charge in [-0.05, 0) is 29.7 Å². The summed E-state index contributed by atoms with van der Waals surface area (Å²) >= 11 is 0. The van der Waals surface area contributed by atoms with Crippen LogP contribution in [0.2, 0.25) is 0 Å². The highest BCUT2D eigenvalue weighted by molar-refractivity contribution is 6.00. The van der Waals surface area contributed by atoms with Gasteiger partial charge in [-0.2, -0.15) is 0 Å². The Balaban J connectivity index is 2.09. The maximum atomic E-state index is 12.3. The second-order valence-electron chi connectivity index (χ2n) is 6.88. The highest BCUT2D eigenvalue weighted by Gasteiger charge is 2.22. The molecule has 0 aliphatic rings. The summed E-state index contributed by atoms with van der Waals surface area (Å²) in [7, 11) is 0. The Morgan fingerprint density at radius 2 is 1.43 bits per heavy atom. The van der Waals surface area contributed by atoms with E-state index in [-0.39, 0.29) is 11.2 Å². The van der Waals surface area contributed by atoms with Crippen LogP contribution in [0.5, 0.6) is 5.75 Å². The van der Waals surface area contributed by atoms with Crippen molar-refractivity contribution in [1.82, 2.24) is 0 Å². The summed E-state index contributed by atoms with van der Waals surface area (Å²) in [5, 5.41) is 0. The number of unbranched alkanes of at least 4 members (excludes halogenated alkanes) is 1. The quantitative estimate of drug-likeness (QED) is 0.501. The average molecular weight is 310 g/mol. The topological polar surface area (TPSA) is 26.3 Å². The molecule has 0 aliphatic heterocycles. The van der Waals surface area contributed by atoms with E-state index in [2.05, 4.69) is 19.1 Å². The number of carbonyl (C=O) groups is 1. The lowest BCUT2D eigenvalue weighted by atomic mass is 9.86. The Morgan fingerprint density at radius 3 is 1.91 bits per heavy atom. The zero-order valence-corrected chi connectivity index (χ0v) is 14.6. The van der Waals surface area contributed by atoms with Gasteiger partial charge in [0.2, 0.25) is 0 Å². The standard InChI is InChI=1S/C21H26O2/c1-5-6-15-23-19-13-11-17(12-14-19)16-7-9-18(10-8-16)20(22)21(2,3)4/h7-14H,5-6,15H2,1-4H3. The van der Waals surface area contributed by atoms with Gasteiger partial charge in [-0.25, -0.2) is 0 Å². The zero-order chi connectivity index (χ0) is 16.9. The summed E-state index contributed by atoms with van der Waals surface area (Å²) < 4.78 is 5.68. The van der Waals surface area contributed by atoms with Gasteiger partial charge in [-0.15, -0.1) is 0 Å². The molecule has 0 bridgehead atoms. The summed E-state index contributed by atoms with van der Waals surface area (Å²) in [5.74, 6) is 1.07. The first-order valence-electron chi connectivity index (χ1n) is 8.30. The third kappa shape index (κ3) is 4.69. The van der Waals surface area contributed by atoms with Crippen molar-refractivity contribution in [3.8, 4) is 16.9 Å². The van der Waals surface area contributed by atoms with Crippen LogP contribution in [-0.4, -0.2) is 12.4 Å². The van der Waals surface area contributed by atoms with Crippen LogP contribution >= 0.6 is 0 Å². The normalized spacial score (nSPS) is 11.3. The third-order valence-electron chi connectivity index (χ3n) is 3.78. The minimum absolute atomic E-state index is 0.170.